The zero-order valence-corrected chi connectivity index (χ0v) is 9.43. The van der Waals surface area contributed by atoms with Crippen LogP contribution in [0.3, 0.4) is 0 Å². The maximum atomic E-state index is 5.83. The summed E-state index contributed by atoms with van der Waals surface area (Å²) in [5.41, 5.74) is 1.04. The van der Waals surface area contributed by atoms with E-state index >= 15 is 0 Å². The smallest absolute Gasteiger partial charge is 0.273 e. The lowest BCUT2D eigenvalue weighted by molar-refractivity contribution is 0.114. The lowest BCUT2D eigenvalue weighted by atomic mass is 9.97. The average molecular weight is 212 g/mol. The molecule has 1 saturated heterocycles. The van der Waals surface area contributed by atoms with Crippen molar-refractivity contribution in [3.63, 3.8) is 0 Å². The standard InChI is InChI=1S/C10H16N2OS/c1-7-3-4-11-5-9(7)13-10-12-8(2)6-14-10/h6-7,9,11H,3-5H2,1-2H3. The predicted molar refractivity (Wildman–Crippen MR) is 57.9 cm³/mol. The molecule has 2 unspecified atom stereocenters. The molecule has 1 aromatic heterocycles. The quantitative estimate of drug-likeness (QED) is 0.812. The monoisotopic (exact) mass is 212 g/mol. The summed E-state index contributed by atoms with van der Waals surface area (Å²) < 4.78 is 5.83. The number of aromatic nitrogens is 1. The number of nitrogens with zero attached hydrogens (tertiary/aromatic N) is 1. The maximum Gasteiger partial charge on any atom is 0.273 e. The first-order valence-electron chi connectivity index (χ1n) is 5.05. The van der Waals surface area contributed by atoms with Gasteiger partial charge in [0.05, 0.1) is 5.69 Å². The van der Waals surface area contributed by atoms with E-state index in [9.17, 15) is 0 Å². The number of rotatable bonds is 2. The van der Waals surface area contributed by atoms with E-state index in [0.29, 0.717) is 5.92 Å². The first-order valence-corrected chi connectivity index (χ1v) is 5.93. The van der Waals surface area contributed by atoms with Crippen LogP contribution in [0.4, 0.5) is 0 Å². The van der Waals surface area contributed by atoms with Crippen LogP contribution in [0.5, 0.6) is 5.19 Å². The predicted octanol–water partition coefficient (Wildman–Crippen LogP) is 1.83. The van der Waals surface area contributed by atoms with E-state index in [0.717, 1.165) is 24.0 Å². The molecular formula is C10H16N2OS. The third kappa shape index (κ3) is 2.25. The Balaban J connectivity index is 1.95. The highest BCUT2D eigenvalue weighted by Gasteiger charge is 2.23. The lowest BCUT2D eigenvalue weighted by Gasteiger charge is -2.28. The van der Waals surface area contributed by atoms with Gasteiger partial charge >= 0.3 is 0 Å². The fraction of sp³-hybridized carbons (Fsp3) is 0.700. The number of aryl methyl sites for hydroxylation is 1. The minimum absolute atomic E-state index is 0.286. The molecule has 2 atom stereocenters. The van der Waals surface area contributed by atoms with Crippen LogP contribution in [0.2, 0.25) is 0 Å². The van der Waals surface area contributed by atoms with Gasteiger partial charge in [0.1, 0.15) is 6.10 Å². The number of thiazole rings is 1. The van der Waals surface area contributed by atoms with Gasteiger partial charge in [0.2, 0.25) is 0 Å². The average Bonchev–Trinajstić information content (AvgIpc) is 2.56. The van der Waals surface area contributed by atoms with Crippen molar-refractivity contribution in [2.24, 2.45) is 5.92 Å². The van der Waals surface area contributed by atoms with Crippen molar-refractivity contribution >= 4 is 11.3 Å². The molecule has 0 amide bonds. The van der Waals surface area contributed by atoms with Crippen LogP contribution in [-0.4, -0.2) is 24.2 Å². The molecule has 1 aromatic rings. The molecule has 0 radical (unpaired) electrons. The van der Waals surface area contributed by atoms with Crippen LogP contribution in [0.15, 0.2) is 5.38 Å². The van der Waals surface area contributed by atoms with Gasteiger partial charge in [-0.05, 0) is 25.8 Å². The summed E-state index contributed by atoms with van der Waals surface area (Å²) in [6.45, 7) is 6.29. The highest BCUT2D eigenvalue weighted by Crippen LogP contribution is 2.22. The summed E-state index contributed by atoms with van der Waals surface area (Å²) in [5.74, 6) is 0.625. The Bertz CT molecular complexity index is 300. The summed E-state index contributed by atoms with van der Waals surface area (Å²) in [4.78, 5) is 4.31. The maximum absolute atomic E-state index is 5.83. The molecule has 1 aliphatic rings. The normalized spacial score (nSPS) is 27.6. The van der Waals surface area contributed by atoms with Gasteiger partial charge in [0, 0.05) is 11.9 Å². The molecule has 0 aromatic carbocycles. The van der Waals surface area contributed by atoms with E-state index in [2.05, 4.69) is 17.2 Å². The lowest BCUT2D eigenvalue weighted by Crippen LogP contribution is -2.42. The van der Waals surface area contributed by atoms with Crippen LogP contribution in [-0.2, 0) is 0 Å². The fourth-order valence-electron chi connectivity index (χ4n) is 1.63. The zero-order chi connectivity index (χ0) is 9.97. The van der Waals surface area contributed by atoms with Gasteiger partial charge < -0.3 is 10.1 Å². The summed E-state index contributed by atoms with van der Waals surface area (Å²) in [7, 11) is 0. The van der Waals surface area contributed by atoms with Crippen molar-refractivity contribution in [2.45, 2.75) is 26.4 Å². The van der Waals surface area contributed by atoms with Gasteiger partial charge in [0.15, 0.2) is 0 Å². The first kappa shape index (κ1) is 9.93. The third-order valence-electron chi connectivity index (χ3n) is 2.61. The van der Waals surface area contributed by atoms with E-state index < -0.39 is 0 Å². The SMILES string of the molecule is Cc1csc(OC2CNCCC2C)n1. The Hall–Kier alpha value is -0.610. The molecule has 14 heavy (non-hydrogen) atoms. The second kappa shape index (κ2) is 4.28. The summed E-state index contributed by atoms with van der Waals surface area (Å²) in [5, 5.41) is 6.18. The highest BCUT2D eigenvalue weighted by molar-refractivity contribution is 7.11. The number of hydrogen-bond acceptors (Lipinski definition) is 4. The molecule has 0 aliphatic carbocycles. The summed E-state index contributed by atoms with van der Waals surface area (Å²) in [6.07, 6.45) is 1.48. The minimum Gasteiger partial charge on any atom is -0.465 e. The van der Waals surface area contributed by atoms with Crippen molar-refractivity contribution in [3.05, 3.63) is 11.1 Å². The van der Waals surface area contributed by atoms with Crippen LogP contribution < -0.4 is 10.1 Å². The van der Waals surface area contributed by atoms with E-state index in [4.69, 9.17) is 4.74 Å². The Morgan fingerprint density at radius 2 is 2.50 bits per heavy atom. The van der Waals surface area contributed by atoms with Gasteiger partial charge in [0.25, 0.3) is 5.19 Å². The Morgan fingerprint density at radius 1 is 1.64 bits per heavy atom. The summed E-state index contributed by atoms with van der Waals surface area (Å²) in [6, 6.07) is 0. The van der Waals surface area contributed by atoms with Gasteiger partial charge in [-0.3, -0.25) is 0 Å². The Labute approximate surface area is 88.5 Å². The van der Waals surface area contributed by atoms with Crippen LogP contribution in [0.25, 0.3) is 0 Å². The van der Waals surface area contributed by atoms with Gasteiger partial charge in [-0.15, -0.1) is 0 Å². The molecule has 1 aliphatic heterocycles. The van der Waals surface area contributed by atoms with Crippen molar-refractivity contribution in [3.8, 4) is 5.19 Å². The van der Waals surface area contributed by atoms with Crippen molar-refractivity contribution in [1.82, 2.24) is 10.3 Å². The first-order chi connectivity index (χ1) is 6.75. The number of nitrogens with one attached hydrogen (secondary N) is 1. The molecule has 78 valence electrons. The second-order valence-electron chi connectivity index (χ2n) is 3.88. The van der Waals surface area contributed by atoms with Crippen molar-refractivity contribution < 1.29 is 4.74 Å². The molecule has 1 N–H and O–H groups in total. The highest BCUT2D eigenvalue weighted by atomic mass is 32.1. The molecule has 3 nitrogen and oxygen atoms in total. The zero-order valence-electron chi connectivity index (χ0n) is 8.62. The Morgan fingerprint density at radius 3 is 3.14 bits per heavy atom. The molecule has 2 rings (SSSR count). The van der Waals surface area contributed by atoms with Gasteiger partial charge in [-0.1, -0.05) is 18.3 Å². The van der Waals surface area contributed by atoms with E-state index in [-0.39, 0.29) is 6.10 Å². The number of piperidine rings is 1. The summed E-state index contributed by atoms with van der Waals surface area (Å²) >= 11 is 1.58. The molecule has 2 heterocycles. The topological polar surface area (TPSA) is 34.1 Å². The largest absolute Gasteiger partial charge is 0.465 e. The molecule has 4 heteroatoms. The van der Waals surface area contributed by atoms with Gasteiger partial charge in [-0.2, -0.15) is 0 Å². The van der Waals surface area contributed by atoms with Gasteiger partial charge in [-0.25, -0.2) is 4.98 Å². The van der Waals surface area contributed by atoms with E-state index in [1.807, 2.05) is 12.3 Å². The fourth-order valence-corrected chi connectivity index (χ4v) is 2.33. The minimum atomic E-state index is 0.286. The van der Waals surface area contributed by atoms with Crippen molar-refractivity contribution in [1.29, 1.82) is 0 Å². The number of hydrogen-bond donors (Lipinski definition) is 1. The van der Waals surface area contributed by atoms with Crippen LogP contribution in [0.1, 0.15) is 19.0 Å². The molecule has 1 fully saturated rings. The Kier molecular flexibility index (Phi) is 3.03. The van der Waals surface area contributed by atoms with Crippen molar-refractivity contribution in [2.75, 3.05) is 13.1 Å². The second-order valence-corrected chi connectivity index (χ2v) is 4.70. The molecule has 0 spiro atoms. The van der Waals surface area contributed by atoms with E-state index in [1.165, 1.54) is 6.42 Å². The molecule has 0 saturated carbocycles. The molecule has 0 bridgehead atoms. The number of ether oxygens (including phenoxy) is 1. The van der Waals surface area contributed by atoms with E-state index in [1.54, 1.807) is 11.3 Å². The molecular weight excluding hydrogens is 196 g/mol. The van der Waals surface area contributed by atoms with Crippen LogP contribution in [0, 0.1) is 12.8 Å². The third-order valence-corrected chi connectivity index (χ3v) is 3.45. The van der Waals surface area contributed by atoms with Crippen LogP contribution >= 0.6 is 11.3 Å².